The SMILES string of the molecule is Nc1ncc(-c2cccc(C3CCC3)c2)s1. The Bertz CT molecular complexity index is 500. The molecule has 1 aromatic carbocycles. The van der Waals surface area contributed by atoms with Crippen LogP contribution < -0.4 is 5.73 Å². The molecule has 3 rings (SSSR count). The summed E-state index contributed by atoms with van der Waals surface area (Å²) < 4.78 is 0. The first-order valence-electron chi connectivity index (χ1n) is 5.64. The summed E-state index contributed by atoms with van der Waals surface area (Å²) >= 11 is 1.55. The number of hydrogen-bond acceptors (Lipinski definition) is 3. The number of nitrogens with zero attached hydrogens (tertiary/aromatic N) is 1. The largest absolute Gasteiger partial charge is 0.375 e. The average Bonchev–Trinajstić information content (AvgIpc) is 2.63. The van der Waals surface area contributed by atoms with E-state index in [1.54, 1.807) is 11.3 Å². The monoisotopic (exact) mass is 230 g/mol. The number of nitrogen functional groups attached to an aromatic ring is 1. The average molecular weight is 230 g/mol. The highest BCUT2D eigenvalue weighted by atomic mass is 32.1. The quantitative estimate of drug-likeness (QED) is 0.855. The van der Waals surface area contributed by atoms with Gasteiger partial charge >= 0.3 is 0 Å². The van der Waals surface area contributed by atoms with Crippen LogP contribution in [0, 0.1) is 0 Å². The molecule has 1 aromatic heterocycles. The van der Waals surface area contributed by atoms with Gasteiger partial charge in [-0.2, -0.15) is 0 Å². The summed E-state index contributed by atoms with van der Waals surface area (Å²) in [5, 5.41) is 0.643. The van der Waals surface area contributed by atoms with Crippen LogP contribution in [-0.2, 0) is 0 Å². The Morgan fingerprint density at radius 1 is 1.31 bits per heavy atom. The van der Waals surface area contributed by atoms with Crippen LogP contribution in [0.25, 0.3) is 10.4 Å². The maximum Gasteiger partial charge on any atom is 0.180 e. The normalized spacial score (nSPS) is 16.0. The molecule has 1 saturated carbocycles. The number of anilines is 1. The number of thiazole rings is 1. The van der Waals surface area contributed by atoms with Crippen molar-refractivity contribution in [1.82, 2.24) is 4.98 Å². The van der Waals surface area contributed by atoms with Gasteiger partial charge in [0.05, 0.1) is 4.88 Å². The maximum absolute atomic E-state index is 5.66. The number of rotatable bonds is 2. The second-order valence-electron chi connectivity index (χ2n) is 4.32. The lowest BCUT2D eigenvalue weighted by molar-refractivity contribution is 0.420. The molecule has 0 aliphatic heterocycles. The first kappa shape index (κ1) is 9.85. The van der Waals surface area contributed by atoms with Crippen LogP contribution in [0.3, 0.4) is 0 Å². The minimum atomic E-state index is 0.643. The molecule has 0 unspecified atom stereocenters. The highest BCUT2D eigenvalue weighted by Crippen LogP contribution is 2.38. The van der Waals surface area contributed by atoms with Crippen LogP contribution in [0.15, 0.2) is 30.5 Å². The van der Waals surface area contributed by atoms with Crippen LogP contribution in [0.5, 0.6) is 0 Å². The Kier molecular flexibility index (Phi) is 2.40. The smallest absolute Gasteiger partial charge is 0.180 e. The van der Waals surface area contributed by atoms with Gasteiger partial charge in [-0.15, -0.1) is 0 Å². The van der Waals surface area contributed by atoms with Crippen molar-refractivity contribution in [2.24, 2.45) is 0 Å². The van der Waals surface area contributed by atoms with Gasteiger partial charge in [-0.05, 0) is 29.9 Å². The summed E-state index contributed by atoms with van der Waals surface area (Å²) in [6.45, 7) is 0. The molecule has 2 nitrogen and oxygen atoms in total. The number of nitrogens with two attached hydrogens (primary N) is 1. The first-order chi connectivity index (χ1) is 7.83. The van der Waals surface area contributed by atoms with Crippen LogP contribution in [-0.4, -0.2) is 4.98 Å². The van der Waals surface area contributed by atoms with Gasteiger partial charge in [-0.3, -0.25) is 0 Å². The van der Waals surface area contributed by atoms with Crippen molar-refractivity contribution < 1.29 is 0 Å². The third kappa shape index (κ3) is 1.71. The molecule has 1 aliphatic carbocycles. The molecular formula is C13H14N2S. The highest BCUT2D eigenvalue weighted by molar-refractivity contribution is 7.18. The maximum atomic E-state index is 5.66. The van der Waals surface area contributed by atoms with E-state index in [-0.39, 0.29) is 0 Å². The minimum Gasteiger partial charge on any atom is -0.375 e. The van der Waals surface area contributed by atoms with Gasteiger partial charge in [0.15, 0.2) is 5.13 Å². The van der Waals surface area contributed by atoms with E-state index in [2.05, 4.69) is 29.2 Å². The molecule has 1 heterocycles. The summed E-state index contributed by atoms with van der Waals surface area (Å²) in [5.74, 6) is 0.783. The molecule has 3 heteroatoms. The second kappa shape index (κ2) is 3.91. The topological polar surface area (TPSA) is 38.9 Å². The van der Waals surface area contributed by atoms with Crippen molar-refractivity contribution in [1.29, 1.82) is 0 Å². The van der Waals surface area contributed by atoms with E-state index in [1.165, 1.54) is 35.3 Å². The molecule has 1 fully saturated rings. The molecule has 0 saturated heterocycles. The Balaban J connectivity index is 1.95. The summed E-state index contributed by atoms with van der Waals surface area (Å²) in [7, 11) is 0. The van der Waals surface area contributed by atoms with Crippen molar-refractivity contribution in [3.63, 3.8) is 0 Å². The lowest BCUT2D eigenvalue weighted by atomic mass is 9.80. The third-order valence-electron chi connectivity index (χ3n) is 3.27. The van der Waals surface area contributed by atoms with E-state index < -0.39 is 0 Å². The van der Waals surface area contributed by atoms with E-state index in [4.69, 9.17) is 5.73 Å². The standard InChI is InChI=1S/C13H14N2S/c14-13-15-8-12(16-13)11-6-2-5-10(7-11)9-3-1-4-9/h2,5-9H,1,3-4H2,(H2,14,15). The number of hydrogen-bond donors (Lipinski definition) is 1. The van der Waals surface area contributed by atoms with E-state index in [0.29, 0.717) is 5.13 Å². The molecular weight excluding hydrogens is 216 g/mol. The molecule has 16 heavy (non-hydrogen) atoms. The third-order valence-corrected chi connectivity index (χ3v) is 4.15. The van der Waals surface area contributed by atoms with Crippen LogP contribution >= 0.6 is 11.3 Å². The van der Waals surface area contributed by atoms with Crippen molar-refractivity contribution >= 4 is 16.5 Å². The first-order valence-corrected chi connectivity index (χ1v) is 6.46. The van der Waals surface area contributed by atoms with Crippen LogP contribution in [0.4, 0.5) is 5.13 Å². The van der Waals surface area contributed by atoms with Gasteiger partial charge in [-0.1, -0.05) is 42.0 Å². The number of benzene rings is 1. The predicted octanol–water partition coefficient (Wildman–Crippen LogP) is 3.66. The lowest BCUT2D eigenvalue weighted by Gasteiger charge is -2.26. The Hall–Kier alpha value is -1.35. The molecule has 0 amide bonds. The summed E-state index contributed by atoms with van der Waals surface area (Å²) in [4.78, 5) is 5.26. The molecule has 2 aromatic rings. The Morgan fingerprint density at radius 3 is 2.81 bits per heavy atom. The fourth-order valence-corrected chi connectivity index (χ4v) is 2.79. The Morgan fingerprint density at radius 2 is 2.19 bits per heavy atom. The molecule has 1 aliphatic rings. The van der Waals surface area contributed by atoms with Crippen molar-refractivity contribution in [2.75, 3.05) is 5.73 Å². The summed E-state index contributed by atoms with van der Waals surface area (Å²) in [6, 6.07) is 8.79. The zero-order chi connectivity index (χ0) is 11.0. The van der Waals surface area contributed by atoms with E-state index in [0.717, 1.165) is 5.92 Å². The van der Waals surface area contributed by atoms with Crippen LogP contribution in [0.2, 0.25) is 0 Å². The number of aromatic nitrogens is 1. The van der Waals surface area contributed by atoms with E-state index in [9.17, 15) is 0 Å². The van der Waals surface area contributed by atoms with Crippen molar-refractivity contribution in [3.05, 3.63) is 36.0 Å². The van der Waals surface area contributed by atoms with Crippen molar-refractivity contribution in [3.8, 4) is 10.4 Å². The molecule has 0 radical (unpaired) electrons. The fraction of sp³-hybridized carbons (Fsp3) is 0.308. The zero-order valence-electron chi connectivity index (χ0n) is 9.02. The summed E-state index contributed by atoms with van der Waals surface area (Å²) in [6.07, 6.45) is 5.92. The van der Waals surface area contributed by atoms with Gasteiger partial charge in [0.1, 0.15) is 0 Å². The molecule has 0 spiro atoms. The van der Waals surface area contributed by atoms with E-state index >= 15 is 0 Å². The predicted molar refractivity (Wildman–Crippen MR) is 68.6 cm³/mol. The molecule has 0 atom stereocenters. The fourth-order valence-electron chi connectivity index (χ4n) is 2.11. The minimum absolute atomic E-state index is 0.643. The van der Waals surface area contributed by atoms with Gasteiger partial charge in [0, 0.05) is 6.20 Å². The highest BCUT2D eigenvalue weighted by Gasteiger charge is 2.19. The molecule has 0 bridgehead atoms. The molecule has 82 valence electrons. The van der Waals surface area contributed by atoms with Gasteiger partial charge in [0.25, 0.3) is 0 Å². The van der Waals surface area contributed by atoms with Gasteiger partial charge in [-0.25, -0.2) is 4.98 Å². The summed E-state index contributed by atoms with van der Waals surface area (Å²) in [5.41, 5.74) is 8.38. The van der Waals surface area contributed by atoms with E-state index in [1.807, 2.05) is 6.20 Å². The zero-order valence-corrected chi connectivity index (χ0v) is 9.83. The van der Waals surface area contributed by atoms with Crippen LogP contribution in [0.1, 0.15) is 30.7 Å². The van der Waals surface area contributed by atoms with Gasteiger partial charge < -0.3 is 5.73 Å². The molecule has 2 N–H and O–H groups in total. The lowest BCUT2D eigenvalue weighted by Crippen LogP contribution is -2.08. The van der Waals surface area contributed by atoms with Gasteiger partial charge in [0.2, 0.25) is 0 Å². The Labute approximate surface area is 99.1 Å². The second-order valence-corrected chi connectivity index (χ2v) is 5.38. The van der Waals surface area contributed by atoms with Crippen molar-refractivity contribution in [2.45, 2.75) is 25.2 Å².